The molecular formula is C20H19BrN2O3. The molecule has 26 heavy (non-hydrogen) atoms. The van der Waals surface area contributed by atoms with E-state index in [0.717, 1.165) is 18.5 Å². The van der Waals surface area contributed by atoms with Gasteiger partial charge in [-0.2, -0.15) is 0 Å². The maximum atomic E-state index is 13.2. The summed E-state index contributed by atoms with van der Waals surface area (Å²) < 4.78 is 0.716. The molecule has 2 heterocycles. The first-order valence-corrected chi connectivity index (χ1v) is 9.56. The van der Waals surface area contributed by atoms with E-state index in [9.17, 15) is 9.59 Å². The van der Waals surface area contributed by atoms with Crippen LogP contribution in [0.25, 0.3) is 0 Å². The van der Waals surface area contributed by atoms with Gasteiger partial charge in [-0.05, 0) is 46.6 Å². The maximum absolute atomic E-state index is 13.2. The molecule has 0 N–H and O–H groups in total. The molecule has 2 aromatic carbocycles. The van der Waals surface area contributed by atoms with Crippen molar-refractivity contribution in [2.45, 2.75) is 31.9 Å². The zero-order valence-electron chi connectivity index (χ0n) is 14.3. The van der Waals surface area contributed by atoms with Crippen LogP contribution in [0.5, 0.6) is 0 Å². The van der Waals surface area contributed by atoms with Crippen LogP contribution in [0.1, 0.15) is 19.8 Å². The summed E-state index contributed by atoms with van der Waals surface area (Å²) in [5.41, 5.74) is 1.44. The zero-order chi connectivity index (χ0) is 18.3. The molecule has 2 saturated heterocycles. The number of fused-ring (bicyclic) bond motifs is 1. The monoisotopic (exact) mass is 414 g/mol. The van der Waals surface area contributed by atoms with E-state index < -0.39 is 12.0 Å². The maximum Gasteiger partial charge on any atom is 0.266 e. The number of benzene rings is 2. The highest BCUT2D eigenvalue weighted by Gasteiger charge is 2.59. The lowest BCUT2D eigenvalue weighted by molar-refractivity contribution is -0.126. The molecule has 2 aliphatic rings. The molecule has 5 nitrogen and oxygen atoms in total. The largest absolute Gasteiger partial charge is 0.273 e. The molecule has 0 saturated carbocycles. The van der Waals surface area contributed by atoms with Crippen molar-refractivity contribution in [2.75, 3.05) is 9.96 Å². The average Bonchev–Trinajstić information content (AvgIpc) is 3.14. The number of rotatable bonds is 4. The Morgan fingerprint density at radius 2 is 1.69 bits per heavy atom. The topological polar surface area (TPSA) is 49.9 Å². The van der Waals surface area contributed by atoms with Crippen LogP contribution in [0, 0.1) is 5.92 Å². The molecular weight excluding hydrogens is 396 g/mol. The summed E-state index contributed by atoms with van der Waals surface area (Å²) in [6, 6.07) is 16.8. The van der Waals surface area contributed by atoms with Crippen LogP contribution in [-0.2, 0) is 14.4 Å². The molecule has 2 aliphatic heterocycles. The Kier molecular flexibility index (Phi) is 4.54. The number of hydrogen-bond donors (Lipinski definition) is 0. The first-order chi connectivity index (χ1) is 12.6. The number of carbonyl (C=O) groups is 2. The fraction of sp³-hybridized carbons (Fsp3) is 0.300. The molecule has 6 heteroatoms. The number of nitrogens with zero attached hydrogens (tertiary/aromatic N) is 2. The number of carbonyl (C=O) groups excluding carboxylic acids is 2. The zero-order valence-corrected chi connectivity index (χ0v) is 15.9. The molecule has 0 aromatic heterocycles. The van der Waals surface area contributed by atoms with Gasteiger partial charge in [0, 0.05) is 4.47 Å². The quantitative estimate of drug-likeness (QED) is 0.711. The predicted molar refractivity (Wildman–Crippen MR) is 103 cm³/mol. The summed E-state index contributed by atoms with van der Waals surface area (Å²) >= 11 is 3.44. The highest BCUT2D eigenvalue weighted by atomic mass is 79.9. The lowest BCUT2D eigenvalue weighted by atomic mass is 9.93. The average molecular weight is 415 g/mol. The molecule has 0 spiro atoms. The smallest absolute Gasteiger partial charge is 0.266 e. The molecule has 134 valence electrons. The Balaban J connectivity index is 1.70. The van der Waals surface area contributed by atoms with E-state index in [-0.39, 0.29) is 17.9 Å². The molecule has 0 bridgehead atoms. The Hall–Kier alpha value is -2.18. The molecule has 2 fully saturated rings. The van der Waals surface area contributed by atoms with E-state index in [1.165, 1.54) is 4.90 Å². The standard InChI is InChI=1S/C20H19BrN2O3/c1-2-8-16-17-18(26-23(16)13-9-4-3-5-10-13)20(25)22(19(17)24)15-12-7-6-11-14(15)21/h3-7,9-12,16-18H,2,8H2,1H3/t16-,17-,18-/m0/s1. The van der Waals surface area contributed by atoms with Gasteiger partial charge in [0.05, 0.1) is 23.3 Å². The number of halogens is 1. The molecule has 0 radical (unpaired) electrons. The van der Waals surface area contributed by atoms with E-state index in [0.29, 0.717) is 10.2 Å². The number of para-hydroxylation sites is 2. The molecule has 2 aromatic rings. The second-order valence-corrected chi connectivity index (χ2v) is 7.39. The summed E-state index contributed by atoms with van der Waals surface area (Å²) in [6.45, 7) is 2.07. The van der Waals surface area contributed by atoms with Crippen LogP contribution < -0.4 is 9.96 Å². The van der Waals surface area contributed by atoms with Crippen molar-refractivity contribution in [3.05, 3.63) is 59.1 Å². The van der Waals surface area contributed by atoms with Crippen molar-refractivity contribution in [3.8, 4) is 0 Å². The minimum absolute atomic E-state index is 0.156. The number of anilines is 2. The number of amides is 2. The third-order valence-electron chi connectivity index (χ3n) is 4.93. The second-order valence-electron chi connectivity index (χ2n) is 6.53. The second kappa shape index (κ2) is 6.85. The Morgan fingerprint density at radius 3 is 2.38 bits per heavy atom. The van der Waals surface area contributed by atoms with E-state index >= 15 is 0 Å². The van der Waals surface area contributed by atoms with Crippen LogP contribution in [0.4, 0.5) is 11.4 Å². The third-order valence-corrected chi connectivity index (χ3v) is 5.60. The lowest BCUT2D eigenvalue weighted by Gasteiger charge is -2.28. The van der Waals surface area contributed by atoms with Crippen molar-refractivity contribution >= 4 is 39.1 Å². The van der Waals surface area contributed by atoms with Gasteiger partial charge in [-0.15, -0.1) is 0 Å². The minimum atomic E-state index is -0.772. The Bertz CT molecular complexity index is 842. The van der Waals surface area contributed by atoms with Gasteiger partial charge in [-0.25, -0.2) is 9.96 Å². The fourth-order valence-electron chi connectivity index (χ4n) is 3.78. The molecule has 0 unspecified atom stereocenters. The summed E-state index contributed by atoms with van der Waals surface area (Å²) in [6.07, 6.45) is 0.905. The normalized spacial score (nSPS) is 25.1. The van der Waals surface area contributed by atoms with Gasteiger partial charge >= 0.3 is 0 Å². The first-order valence-electron chi connectivity index (χ1n) is 8.77. The van der Waals surface area contributed by atoms with Crippen LogP contribution in [0.3, 0.4) is 0 Å². The van der Waals surface area contributed by atoms with Gasteiger partial charge in [0.25, 0.3) is 5.91 Å². The SMILES string of the molecule is CCC[C@H]1[C@@H]2C(=O)N(c3ccccc3Br)C(=O)[C@H]2ON1c1ccccc1. The number of hydrogen-bond acceptors (Lipinski definition) is 4. The van der Waals surface area contributed by atoms with Crippen molar-refractivity contribution in [3.63, 3.8) is 0 Å². The summed E-state index contributed by atoms with van der Waals surface area (Å²) in [5.74, 6) is -0.982. The van der Waals surface area contributed by atoms with E-state index in [2.05, 4.69) is 22.9 Å². The summed E-state index contributed by atoms with van der Waals surface area (Å²) in [7, 11) is 0. The summed E-state index contributed by atoms with van der Waals surface area (Å²) in [5, 5.41) is 1.76. The van der Waals surface area contributed by atoms with Gasteiger partial charge in [-0.1, -0.05) is 43.7 Å². The van der Waals surface area contributed by atoms with Crippen LogP contribution >= 0.6 is 15.9 Å². The van der Waals surface area contributed by atoms with Crippen LogP contribution in [-0.4, -0.2) is 24.0 Å². The van der Waals surface area contributed by atoms with Gasteiger partial charge in [0.2, 0.25) is 5.91 Å². The highest BCUT2D eigenvalue weighted by molar-refractivity contribution is 9.10. The Morgan fingerprint density at radius 1 is 1.00 bits per heavy atom. The lowest BCUT2D eigenvalue weighted by Crippen LogP contribution is -2.40. The minimum Gasteiger partial charge on any atom is -0.273 e. The van der Waals surface area contributed by atoms with Crippen molar-refractivity contribution in [1.29, 1.82) is 0 Å². The van der Waals surface area contributed by atoms with Crippen LogP contribution in [0.2, 0.25) is 0 Å². The van der Waals surface area contributed by atoms with Gasteiger partial charge < -0.3 is 0 Å². The molecule has 4 rings (SSSR count). The van der Waals surface area contributed by atoms with E-state index in [1.807, 2.05) is 48.5 Å². The first kappa shape index (κ1) is 17.2. The fourth-order valence-corrected chi connectivity index (χ4v) is 4.24. The van der Waals surface area contributed by atoms with Crippen LogP contribution in [0.15, 0.2) is 59.1 Å². The predicted octanol–water partition coefficient (Wildman–Crippen LogP) is 3.93. The summed E-state index contributed by atoms with van der Waals surface area (Å²) in [4.78, 5) is 33.5. The molecule has 0 aliphatic carbocycles. The van der Waals surface area contributed by atoms with Crippen molar-refractivity contribution in [1.82, 2.24) is 0 Å². The van der Waals surface area contributed by atoms with E-state index in [1.54, 1.807) is 11.1 Å². The van der Waals surface area contributed by atoms with Gasteiger partial charge in [-0.3, -0.25) is 14.4 Å². The van der Waals surface area contributed by atoms with Gasteiger partial charge in [0.1, 0.15) is 0 Å². The Labute approximate surface area is 160 Å². The van der Waals surface area contributed by atoms with Gasteiger partial charge in [0.15, 0.2) is 6.10 Å². The highest BCUT2D eigenvalue weighted by Crippen LogP contribution is 2.42. The van der Waals surface area contributed by atoms with Crippen molar-refractivity contribution in [2.24, 2.45) is 5.92 Å². The van der Waals surface area contributed by atoms with E-state index in [4.69, 9.17) is 4.84 Å². The number of hydroxylamine groups is 1. The third kappa shape index (κ3) is 2.64. The molecule has 2 amide bonds. The molecule has 3 atom stereocenters. The van der Waals surface area contributed by atoms with Crippen molar-refractivity contribution < 1.29 is 14.4 Å². The number of imide groups is 1.